The minimum Gasteiger partial charge on any atom is -0.322 e. The Hall–Kier alpha value is -2.43. The number of amides is 1. The standard InChI is InChI=1S/C17H21N3O5S2/c1-12(2)19-27(24,25)14-10-8-13(9-11-14)18-17(21)15-6-4-5-7-16(15)20-26(3,22)23/h4-12,19-20H,1-3H3,(H,18,21). The number of anilines is 2. The summed E-state index contributed by atoms with van der Waals surface area (Å²) in [5.74, 6) is -0.530. The van der Waals surface area contributed by atoms with Crippen LogP contribution in [-0.2, 0) is 20.0 Å². The first kappa shape index (κ1) is 20.9. The number of carbonyl (C=O) groups excluding carboxylic acids is 1. The lowest BCUT2D eigenvalue weighted by molar-refractivity contribution is 0.102. The van der Waals surface area contributed by atoms with Crippen LogP contribution in [0.25, 0.3) is 0 Å². The first-order chi connectivity index (χ1) is 12.5. The normalized spacial score (nSPS) is 12.0. The third-order valence-electron chi connectivity index (χ3n) is 3.28. The van der Waals surface area contributed by atoms with E-state index in [0.29, 0.717) is 5.69 Å². The Morgan fingerprint density at radius 3 is 2.07 bits per heavy atom. The molecule has 0 spiro atoms. The van der Waals surface area contributed by atoms with Crippen molar-refractivity contribution in [2.45, 2.75) is 24.8 Å². The van der Waals surface area contributed by atoms with Crippen LogP contribution in [0.15, 0.2) is 53.4 Å². The molecule has 8 nitrogen and oxygen atoms in total. The zero-order chi connectivity index (χ0) is 20.2. The van der Waals surface area contributed by atoms with E-state index in [1.54, 1.807) is 26.0 Å². The second-order valence-electron chi connectivity index (χ2n) is 6.17. The predicted molar refractivity (Wildman–Crippen MR) is 105 cm³/mol. The van der Waals surface area contributed by atoms with Crippen molar-refractivity contribution in [1.82, 2.24) is 4.72 Å². The zero-order valence-corrected chi connectivity index (χ0v) is 16.7. The van der Waals surface area contributed by atoms with Crippen molar-refractivity contribution in [2.24, 2.45) is 0 Å². The number of nitrogens with one attached hydrogen (secondary N) is 3. The molecule has 0 saturated carbocycles. The number of hydrogen-bond donors (Lipinski definition) is 3. The molecule has 0 aliphatic rings. The van der Waals surface area contributed by atoms with Crippen LogP contribution < -0.4 is 14.8 Å². The molecule has 0 heterocycles. The molecule has 0 aliphatic heterocycles. The molecule has 3 N–H and O–H groups in total. The molecule has 0 aliphatic carbocycles. The highest BCUT2D eigenvalue weighted by Gasteiger charge is 2.16. The van der Waals surface area contributed by atoms with Crippen molar-refractivity contribution >= 4 is 37.3 Å². The van der Waals surface area contributed by atoms with Crippen LogP contribution >= 0.6 is 0 Å². The summed E-state index contributed by atoms with van der Waals surface area (Å²) < 4.78 is 51.9. The molecule has 27 heavy (non-hydrogen) atoms. The molecule has 10 heteroatoms. The lowest BCUT2D eigenvalue weighted by Crippen LogP contribution is -2.30. The second-order valence-corrected chi connectivity index (χ2v) is 9.64. The number of hydrogen-bond acceptors (Lipinski definition) is 5. The maximum atomic E-state index is 12.5. The number of sulfonamides is 2. The van der Waals surface area contributed by atoms with Gasteiger partial charge in [0.1, 0.15) is 0 Å². The van der Waals surface area contributed by atoms with Gasteiger partial charge >= 0.3 is 0 Å². The summed E-state index contributed by atoms with van der Waals surface area (Å²) in [6.45, 7) is 3.43. The maximum Gasteiger partial charge on any atom is 0.257 e. The van der Waals surface area contributed by atoms with Gasteiger partial charge in [-0.05, 0) is 50.2 Å². The van der Waals surface area contributed by atoms with Gasteiger partial charge in [-0.25, -0.2) is 21.6 Å². The van der Waals surface area contributed by atoms with Crippen molar-refractivity contribution in [2.75, 3.05) is 16.3 Å². The van der Waals surface area contributed by atoms with Crippen molar-refractivity contribution in [1.29, 1.82) is 0 Å². The summed E-state index contributed by atoms with van der Waals surface area (Å²) in [5, 5.41) is 2.61. The lowest BCUT2D eigenvalue weighted by atomic mass is 10.1. The van der Waals surface area contributed by atoms with E-state index in [2.05, 4.69) is 14.8 Å². The van der Waals surface area contributed by atoms with Crippen molar-refractivity contribution in [3.8, 4) is 0 Å². The van der Waals surface area contributed by atoms with Gasteiger partial charge in [0.2, 0.25) is 20.0 Å². The largest absolute Gasteiger partial charge is 0.322 e. The number of para-hydroxylation sites is 1. The molecular formula is C17H21N3O5S2. The fraction of sp³-hybridized carbons (Fsp3) is 0.235. The van der Waals surface area contributed by atoms with Crippen LogP contribution in [0.4, 0.5) is 11.4 Å². The monoisotopic (exact) mass is 411 g/mol. The van der Waals surface area contributed by atoms with Gasteiger partial charge in [0, 0.05) is 11.7 Å². The zero-order valence-electron chi connectivity index (χ0n) is 15.1. The van der Waals surface area contributed by atoms with E-state index in [-0.39, 0.29) is 22.2 Å². The summed E-state index contributed by atoms with van der Waals surface area (Å²) in [5.41, 5.74) is 0.664. The Balaban J connectivity index is 2.20. The number of benzene rings is 2. The average Bonchev–Trinajstić information content (AvgIpc) is 2.53. The molecule has 0 bridgehead atoms. The van der Waals surface area contributed by atoms with Gasteiger partial charge in [0.25, 0.3) is 5.91 Å². The third-order valence-corrected chi connectivity index (χ3v) is 5.55. The van der Waals surface area contributed by atoms with Crippen LogP contribution in [0.5, 0.6) is 0 Å². The van der Waals surface area contributed by atoms with Gasteiger partial charge in [-0.3, -0.25) is 9.52 Å². The minimum atomic E-state index is -3.62. The molecule has 0 saturated heterocycles. The van der Waals surface area contributed by atoms with Gasteiger partial charge in [0.05, 0.1) is 22.4 Å². The Kier molecular flexibility index (Phi) is 6.24. The van der Waals surface area contributed by atoms with Crippen molar-refractivity contribution < 1.29 is 21.6 Å². The molecule has 0 fully saturated rings. The van der Waals surface area contributed by atoms with E-state index < -0.39 is 26.0 Å². The molecule has 0 radical (unpaired) electrons. The lowest BCUT2D eigenvalue weighted by Gasteiger charge is -2.12. The summed E-state index contributed by atoms with van der Waals surface area (Å²) in [6, 6.07) is 11.6. The molecule has 2 aromatic carbocycles. The van der Waals surface area contributed by atoms with Gasteiger partial charge < -0.3 is 5.32 Å². The third kappa shape index (κ3) is 6.05. The van der Waals surface area contributed by atoms with Crippen LogP contribution in [0.3, 0.4) is 0 Å². The van der Waals surface area contributed by atoms with E-state index in [1.165, 1.54) is 36.4 Å². The fourth-order valence-electron chi connectivity index (χ4n) is 2.26. The SMILES string of the molecule is CC(C)NS(=O)(=O)c1ccc(NC(=O)c2ccccc2NS(C)(=O)=O)cc1. The topological polar surface area (TPSA) is 121 Å². The molecule has 0 atom stereocenters. The van der Waals surface area contributed by atoms with E-state index in [4.69, 9.17) is 0 Å². The summed E-state index contributed by atoms with van der Waals surface area (Å²) in [4.78, 5) is 12.5. The number of carbonyl (C=O) groups is 1. The average molecular weight is 412 g/mol. The molecule has 1 amide bonds. The van der Waals surface area contributed by atoms with Gasteiger partial charge in [-0.15, -0.1) is 0 Å². The molecule has 146 valence electrons. The Labute approximate surface area is 159 Å². The molecule has 0 aromatic heterocycles. The van der Waals surface area contributed by atoms with Crippen LogP contribution in [0.2, 0.25) is 0 Å². The first-order valence-corrected chi connectivity index (χ1v) is 11.4. The van der Waals surface area contributed by atoms with Gasteiger partial charge in [-0.1, -0.05) is 12.1 Å². The van der Waals surface area contributed by atoms with Crippen LogP contribution in [0, 0.1) is 0 Å². The second kappa shape index (κ2) is 8.07. The minimum absolute atomic E-state index is 0.0772. The van der Waals surface area contributed by atoms with Gasteiger partial charge in [0.15, 0.2) is 0 Å². The Morgan fingerprint density at radius 1 is 0.926 bits per heavy atom. The quantitative estimate of drug-likeness (QED) is 0.643. The molecular weight excluding hydrogens is 390 g/mol. The number of rotatable bonds is 7. The summed E-state index contributed by atoms with van der Waals surface area (Å²) in [7, 11) is -7.17. The highest BCUT2D eigenvalue weighted by molar-refractivity contribution is 7.92. The van der Waals surface area contributed by atoms with E-state index >= 15 is 0 Å². The van der Waals surface area contributed by atoms with Crippen molar-refractivity contribution in [3.05, 3.63) is 54.1 Å². The van der Waals surface area contributed by atoms with Crippen LogP contribution in [-0.4, -0.2) is 35.0 Å². The maximum absolute atomic E-state index is 12.5. The predicted octanol–water partition coefficient (Wildman–Crippen LogP) is 2.00. The van der Waals surface area contributed by atoms with Gasteiger partial charge in [-0.2, -0.15) is 0 Å². The van der Waals surface area contributed by atoms with E-state index in [0.717, 1.165) is 6.26 Å². The molecule has 2 aromatic rings. The van der Waals surface area contributed by atoms with Crippen LogP contribution in [0.1, 0.15) is 24.2 Å². The van der Waals surface area contributed by atoms with E-state index in [1.807, 2.05) is 0 Å². The first-order valence-electron chi connectivity index (χ1n) is 7.98. The Morgan fingerprint density at radius 2 is 1.52 bits per heavy atom. The fourth-order valence-corrected chi connectivity index (χ4v) is 4.09. The summed E-state index contributed by atoms with van der Waals surface area (Å²) in [6.07, 6.45) is 0.992. The Bertz CT molecular complexity index is 1030. The van der Waals surface area contributed by atoms with Crippen molar-refractivity contribution in [3.63, 3.8) is 0 Å². The highest BCUT2D eigenvalue weighted by atomic mass is 32.2. The smallest absolute Gasteiger partial charge is 0.257 e. The molecule has 0 unspecified atom stereocenters. The van der Waals surface area contributed by atoms with E-state index in [9.17, 15) is 21.6 Å². The summed E-state index contributed by atoms with van der Waals surface area (Å²) >= 11 is 0. The molecule has 2 rings (SSSR count). The highest BCUT2D eigenvalue weighted by Crippen LogP contribution is 2.19.